The van der Waals surface area contributed by atoms with Gasteiger partial charge in [0.2, 0.25) is 5.91 Å². The van der Waals surface area contributed by atoms with Crippen molar-refractivity contribution in [2.24, 2.45) is 5.73 Å². The third kappa shape index (κ3) is 1.49. The number of hydrogen-bond acceptors (Lipinski definition) is 2. The molecule has 0 unspecified atom stereocenters. The third-order valence-electron chi connectivity index (χ3n) is 2.33. The minimum absolute atomic E-state index is 0.271. The molecule has 1 aliphatic carbocycles. The van der Waals surface area contributed by atoms with Gasteiger partial charge in [-0.25, -0.2) is 0 Å². The van der Waals surface area contributed by atoms with E-state index in [-0.39, 0.29) is 5.75 Å². The van der Waals surface area contributed by atoms with Crippen LogP contribution in [0.25, 0.3) is 0 Å². The van der Waals surface area contributed by atoms with Crippen LogP contribution in [0.3, 0.4) is 0 Å². The van der Waals surface area contributed by atoms with E-state index in [9.17, 15) is 9.90 Å². The smallest absolute Gasteiger partial charge is 0.248 e. The molecule has 68 valence electrons. The Balaban J connectivity index is 2.41. The molecule has 0 radical (unpaired) electrons. The van der Waals surface area contributed by atoms with Crippen molar-refractivity contribution in [1.29, 1.82) is 0 Å². The molecule has 1 aliphatic rings. The molecule has 1 amide bonds. The fraction of sp³-hybridized carbons (Fsp3) is 0.300. The normalized spacial score (nSPS) is 15.7. The van der Waals surface area contributed by atoms with Crippen LogP contribution in [0.4, 0.5) is 0 Å². The lowest BCUT2D eigenvalue weighted by molar-refractivity contribution is 0.1000. The van der Waals surface area contributed by atoms with E-state index in [1.807, 2.05) is 0 Å². The van der Waals surface area contributed by atoms with E-state index in [0.717, 1.165) is 18.4 Å². The summed E-state index contributed by atoms with van der Waals surface area (Å²) in [6.45, 7) is 0. The Bertz CT molecular complexity index is 356. The summed E-state index contributed by atoms with van der Waals surface area (Å²) in [4.78, 5) is 10.8. The van der Waals surface area contributed by atoms with E-state index in [4.69, 9.17) is 5.73 Å². The molecule has 0 bridgehead atoms. The number of rotatable bonds is 2. The van der Waals surface area contributed by atoms with Crippen molar-refractivity contribution in [1.82, 2.24) is 0 Å². The molecule has 1 fully saturated rings. The van der Waals surface area contributed by atoms with Crippen molar-refractivity contribution < 1.29 is 9.90 Å². The number of phenolic OH excluding ortho intramolecular Hbond substituents is 1. The van der Waals surface area contributed by atoms with Crippen molar-refractivity contribution in [2.75, 3.05) is 0 Å². The van der Waals surface area contributed by atoms with Crippen molar-refractivity contribution >= 4 is 5.91 Å². The maximum Gasteiger partial charge on any atom is 0.248 e. The second kappa shape index (κ2) is 2.76. The number of nitrogens with two attached hydrogens (primary N) is 1. The van der Waals surface area contributed by atoms with Gasteiger partial charge in [0, 0.05) is 5.56 Å². The summed E-state index contributed by atoms with van der Waals surface area (Å²) >= 11 is 0. The summed E-state index contributed by atoms with van der Waals surface area (Å²) in [6.07, 6.45) is 2.19. The Kier molecular flexibility index (Phi) is 1.72. The van der Waals surface area contributed by atoms with Crippen LogP contribution in [0.5, 0.6) is 5.75 Å². The van der Waals surface area contributed by atoms with Crippen LogP contribution in [0.15, 0.2) is 18.2 Å². The van der Waals surface area contributed by atoms with Gasteiger partial charge < -0.3 is 10.8 Å². The number of carbonyl (C=O) groups is 1. The van der Waals surface area contributed by atoms with Gasteiger partial charge in [-0.2, -0.15) is 0 Å². The molecule has 0 aliphatic heterocycles. The van der Waals surface area contributed by atoms with Crippen molar-refractivity contribution in [3.63, 3.8) is 0 Å². The Morgan fingerprint density at radius 2 is 2.15 bits per heavy atom. The van der Waals surface area contributed by atoms with Gasteiger partial charge in [0.05, 0.1) is 0 Å². The molecule has 0 spiro atoms. The number of carbonyl (C=O) groups excluding carboxylic acids is 1. The second-order valence-electron chi connectivity index (χ2n) is 3.41. The quantitative estimate of drug-likeness (QED) is 0.716. The van der Waals surface area contributed by atoms with E-state index >= 15 is 0 Å². The molecule has 0 saturated heterocycles. The first-order valence-electron chi connectivity index (χ1n) is 4.31. The molecule has 2 rings (SSSR count). The fourth-order valence-electron chi connectivity index (χ4n) is 1.43. The predicted octanol–water partition coefficient (Wildman–Crippen LogP) is 1.37. The molecule has 3 heteroatoms. The molecule has 0 aromatic heterocycles. The van der Waals surface area contributed by atoms with E-state index in [2.05, 4.69) is 0 Å². The molecule has 1 aromatic carbocycles. The second-order valence-corrected chi connectivity index (χ2v) is 3.41. The zero-order valence-electron chi connectivity index (χ0n) is 7.16. The molecule has 3 nitrogen and oxygen atoms in total. The molecule has 3 N–H and O–H groups in total. The van der Waals surface area contributed by atoms with Gasteiger partial charge in [-0.15, -0.1) is 0 Å². The lowest BCUT2D eigenvalue weighted by Gasteiger charge is -2.03. The highest BCUT2D eigenvalue weighted by molar-refractivity contribution is 5.93. The van der Waals surface area contributed by atoms with Crippen LogP contribution in [0.2, 0.25) is 0 Å². The molecule has 0 heterocycles. The minimum Gasteiger partial charge on any atom is -0.508 e. The molecule has 0 atom stereocenters. The Morgan fingerprint density at radius 1 is 1.46 bits per heavy atom. The van der Waals surface area contributed by atoms with Gasteiger partial charge in [-0.3, -0.25) is 4.79 Å². The zero-order chi connectivity index (χ0) is 9.42. The van der Waals surface area contributed by atoms with Crippen molar-refractivity contribution in [2.45, 2.75) is 18.8 Å². The van der Waals surface area contributed by atoms with Crippen LogP contribution in [-0.2, 0) is 0 Å². The first-order chi connectivity index (χ1) is 6.18. The predicted molar refractivity (Wildman–Crippen MR) is 48.6 cm³/mol. The molecule has 1 saturated carbocycles. The highest BCUT2D eigenvalue weighted by atomic mass is 16.3. The Morgan fingerprint density at radius 3 is 2.69 bits per heavy atom. The van der Waals surface area contributed by atoms with Crippen molar-refractivity contribution in [3.8, 4) is 5.75 Å². The lowest BCUT2D eigenvalue weighted by atomic mass is 10.1. The number of phenols is 1. The summed E-state index contributed by atoms with van der Waals surface area (Å²) in [7, 11) is 0. The summed E-state index contributed by atoms with van der Waals surface area (Å²) in [5.41, 5.74) is 6.46. The summed E-state index contributed by atoms with van der Waals surface area (Å²) in [6, 6.07) is 4.77. The standard InChI is InChI=1S/C10H11NO2/c11-10(13)7-3-4-9(12)8(5-7)6-1-2-6/h3-6,12H,1-2H2,(H2,11,13). The molecule has 1 aromatic rings. The SMILES string of the molecule is NC(=O)c1ccc(O)c(C2CC2)c1. The first-order valence-corrected chi connectivity index (χ1v) is 4.31. The van der Waals surface area contributed by atoms with Crippen LogP contribution in [0.1, 0.15) is 34.7 Å². The largest absolute Gasteiger partial charge is 0.508 e. The molecular weight excluding hydrogens is 166 g/mol. The number of amides is 1. The minimum atomic E-state index is -0.443. The molecular formula is C10H11NO2. The van der Waals surface area contributed by atoms with Gasteiger partial charge in [0.1, 0.15) is 5.75 Å². The molecule has 13 heavy (non-hydrogen) atoms. The Hall–Kier alpha value is -1.51. The van der Waals surface area contributed by atoms with Gasteiger partial charge >= 0.3 is 0 Å². The van der Waals surface area contributed by atoms with Crippen LogP contribution in [0, 0.1) is 0 Å². The van der Waals surface area contributed by atoms with Crippen molar-refractivity contribution in [3.05, 3.63) is 29.3 Å². The zero-order valence-corrected chi connectivity index (χ0v) is 7.16. The lowest BCUT2D eigenvalue weighted by Crippen LogP contribution is -2.10. The van der Waals surface area contributed by atoms with E-state index < -0.39 is 5.91 Å². The van der Waals surface area contributed by atoms with Crippen LogP contribution >= 0.6 is 0 Å². The van der Waals surface area contributed by atoms with Gasteiger partial charge in [0.25, 0.3) is 0 Å². The summed E-state index contributed by atoms with van der Waals surface area (Å²) in [5.74, 6) is 0.258. The number of benzene rings is 1. The fourth-order valence-corrected chi connectivity index (χ4v) is 1.43. The highest BCUT2D eigenvalue weighted by Crippen LogP contribution is 2.44. The topological polar surface area (TPSA) is 63.3 Å². The van der Waals surface area contributed by atoms with Gasteiger partial charge in [-0.05, 0) is 42.5 Å². The summed E-state index contributed by atoms with van der Waals surface area (Å²) < 4.78 is 0. The first kappa shape index (κ1) is 8.10. The Labute approximate surface area is 76.2 Å². The number of hydrogen-bond donors (Lipinski definition) is 2. The van der Waals surface area contributed by atoms with Crippen LogP contribution in [-0.4, -0.2) is 11.0 Å². The summed E-state index contributed by atoms with van der Waals surface area (Å²) in [5, 5.41) is 9.48. The average Bonchev–Trinajstić information content (AvgIpc) is 2.87. The highest BCUT2D eigenvalue weighted by Gasteiger charge is 2.26. The average molecular weight is 177 g/mol. The van der Waals surface area contributed by atoms with E-state index in [1.165, 1.54) is 6.07 Å². The van der Waals surface area contributed by atoms with Gasteiger partial charge in [0.15, 0.2) is 0 Å². The van der Waals surface area contributed by atoms with E-state index in [0.29, 0.717) is 11.5 Å². The maximum absolute atomic E-state index is 10.8. The van der Waals surface area contributed by atoms with E-state index in [1.54, 1.807) is 12.1 Å². The van der Waals surface area contributed by atoms with Gasteiger partial charge in [-0.1, -0.05) is 0 Å². The number of aromatic hydroxyl groups is 1. The monoisotopic (exact) mass is 177 g/mol. The van der Waals surface area contributed by atoms with Crippen LogP contribution < -0.4 is 5.73 Å². The number of primary amides is 1. The maximum atomic E-state index is 10.8. The third-order valence-corrected chi connectivity index (χ3v) is 2.33.